The molecule has 0 aromatic heterocycles. The molecule has 1 aromatic rings. The highest BCUT2D eigenvalue weighted by Crippen LogP contribution is 2.14. The van der Waals surface area contributed by atoms with Gasteiger partial charge in [0.1, 0.15) is 5.92 Å². The number of rotatable bonds is 8. The molecule has 0 N–H and O–H groups in total. The first-order chi connectivity index (χ1) is 10.1. The van der Waals surface area contributed by atoms with Gasteiger partial charge < -0.3 is 4.90 Å². The standard InChI is InChI=1S/C18H26N2O/c1-4-5-9-12-20(15(2)3)18(21)17(14-19)13-16-10-7-6-8-11-16/h6-8,10-11,15,17H,4-5,9,12-13H2,1-3H3. The Hall–Kier alpha value is -1.82. The van der Waals surface area contributed by atoms with Gasteiger partial charge in [0, 0.05) is 12.6 Å². The quantitative estimate of drug-likeness (QED) is 0.682. The Morgan fingerprint density at radius 2 is 1.90 bits per heavy atom. The third kappa shape index (κ3) is 5.59. The van der Waals surface area contributed by atoms with Crippen LogP contribution >= 0.6 is 0 Å². The molecule has 0 heterocycles. The Labute approximate surface area is 128 Å². The van der Waals surface area contributed by atoms with Gasteiger partial charge in [-0.05, 0) is 32.3 Å². The Balaban J connectivity index is 2.72. The lowest BCUT2D eigenvalue weighted by Gasteiger charge is -2.28. The second-order valence-corrected chi connectivity index (χ2v) is 5.70. The summed E-state index contributed by atoms with van der Waals surface area (Å²) in [5, 5.41) is 9.36. The summed E-state index contributed by atoms with van der Waals surface area (Å²) in [6.07, 6.45) is 3.75. The van der Waals surface area contributed by atoms with Crippen molar-refractivity contribution in [1.29, 1.82) is 5.26 Å². The molecule has 1 amide bonds. The molecule has 1 rings (SSSR count). The second-order valence-electron chi connectivity index (χ2n) is 5.70. The molecular weight excluding hydrogens is 260 g/mol. The van der Waals surface area contributed by atoms with Gasteiger partial charge in [-0.3, -0.25) is 4.79 Å². The average Bonchev–Trinajstić information content (AvgIpc) is 2.49. The summed E-state index contributed by atoms with van der Waals surface area (Å²) >= 11 is 0. The van der Waals surface area contributed by atoms with E-state index >= 15 is 0 Å². The highest BCUT2D eigenvalue weighted by atomic mass is 16.2. The topological polar surface area (TPSA) is 44.1 Å². The van der Waals surface area contributed by atoms with Crippen molar-refractivity contribution >= 4 is 5.91 Å². The summed E-state index contributed by atoms with van der Waals surface area (Å²) in [6, 6.07) is 12.1. The zero-order chi connectivity index (χ0) is 15.7. The number of carbonyl (C=O) groups is 1. The number of unbranched alkanes of at least 4 members (excludes halogenated alkanes) is 2. The number of nitriles is 1. The first-order valence-electron chi connectivity index (χ1n) is 7.84. The van der Waals surface area contributed by atoms with E-state index in [0.29, 0.717) is 6.42 Å². The zero-order valence-corrected chi connectivity index (χ0v) is 13.4. The van der Waals surface area contributed by atoms with E-state index in [0.717, 1.165) is 31.4 Å². The molecule has 0 aliphatic carbocycles. The van der Waals surface area contributed by atoms with Gasteiger partial charge in [-0.25, -0.2) is 0 Å². The molecule has 0 bridgehead atoms. The largest absolute Gasteiger partial charge is 0.339 e. The van der Waals surface area contributed by atoms with E-state index in [9.17, 15) is 10.1 Å². The van der Waals surface area contributed by atoms with Crippen molar-refractivity contribution in [1.82, 2.24) is 4.90 Å². The van der Waals surface area contributed by atoms with E-state index in [1.165, 1.54) is 0 Å². The normalized spacial score (nSPS) is 12.0. The van der Waals surface area contributed by atoms with E-state index in [1.807, 2.05) is 49.1 Å². The van der Waals surface area contributed by atoms with Crippen molar-refractivity contribution in [2.75, 3.05) is 6.54 Å². The fourth-order valence-electron chi connectivity index (χ4n) is 2.39. The Morgan fingerprint density at radius 3 is 2.43 bits per heavy atom. The van der Waals surface area contributed by atoms with Crippen LogP contribution in [0.1, 0.15) is 45.6 Å². The van der Waals surface area contributed by atoms with Gasteiger partial charge in [-0.15, -0.1) is 0 Å². The van der Waals surface area contributed by atoms with Crippen LogP contribution in [0.25, 0.3) is 0 Å². The first-order valence-corrected chi connectivity index (χ1v) is 7.84. The van der Waals surface area contributed by atoms with E-state index in [-0.39, 0.29) is 11.9 Å². The molecule has 0 aliphatic heterocycles. The first kappa shape index (κ1) is 17.2. The number of hydrogen-bond donors (Lipinski definition) is 0. The molecular formula is C18H26N2O. The molecule has 0 spiro atoms. The zero-order valence-electron chi connectivity index (χ0n) is 13.4. The molecule has 0 saturated carbocycles. The minimum atomic E-state index is -0.587. The predicted molar refractivity (Wildman–Crippen MR) is 85.6 cm³/mol. The van der Waals surface area contributed by atoms with Gasteiger partial charge in [0.15, 0.2) is 0 Å². The monoisotopic (exact) mass is 286 g/mol. The van der Waals surface area contributed by atoms with Crippen LogP contribution in [0.15, 0.2) is 30.3 Å². The molecule has 0 radical (unpaired) electrons. The minimum absolute atomic E-state index is 0.0348. The van der Waals surface area contributed by atoms with Gasteiger partial charge in [-0.1, -0.05) is 50.1 Å². The SMILES string of the molecule is CCCCCN(C(=O)C(C#N)Cc1ccccc1)C(C)C. The van der Waals surface area contributed by atoms with Crippen molar-refractivity contribution in [2.24, 2.45) is 5.92 Å². The second kappa shape index (κ2) is 9.18. The van der Waals surface area contributed by atoms with Crippen LogP contribution < -0.4 is 0 Å². The maximum Gasteiger partial charge on any atom is 0.240 e. The van der Waals surface area contributed by atoms with E-state index in [2.05, 4.69) is 13.0 Å². The van der Waals surface area contributed by atoms with Gasteiger partial charge in [0.05, 0.1) is 6.07 Å². The molecule has 0 aliphatic rings. The van der Waals surface area contributed by atoms with Crippen LogP contribution in [0.2, 0.25) is 0 Å². The molecule has 1 unspecified atom stereocenters. The fraction of sp³-hybridized carbons (Fsp3) is 0.556. The Bertz CT molecular complexity index is 462. The van der Waals surface area contributed by atoms with Crippen LogP contribution in [0.5, 0.6) is 0 Å². The highest BCUT2D eigenvalue weighted by molar-refractivity contribution is 5.81. The molecule has 1 aromatic carbocycles. The number of benzene rings is 1. The average molecular weight is 286 g/mol. The number of nitrogens with zero attached hydrogens (tertiary/aromatic N) is 2. The van der Waals surface area contributed by atoms with Crippen LogP contribution in [0.4, 0.5) is 0 Å². The molecule has 3 heteroatoms. The Morgan fingerprint density at radius 1 is 1.24 bits per heavy atom. The number of amides is 1. The maximum absolute atomic E-state index is 12.6. The molecule has 21 heavy (non-hydrogen) atoms. The van der Waals surface area contributed by atoms with Gasteiger partial charge in [0.2, 0.25) is 5.91 Å². The molecule has 0 fully saturated rings. The molecule has 114 valence electrons. The highest BCUT2D eigenvalue weighted by Gasteiger charge is 2.25. The fourth-order valence-corrected chi connectivity index (χ4v) is 2.39. The van der Waals surface area contributed by atoms with E-state index in [1.54, 1.807) is 0 Å². The summed E-state index contributed by atoms with van der Waals surface area (Å²) < 4.78 is 0. The molecule has 0 saturated heterocycles. The van der Waals surface area contributed by atoms with Crippen molar-refractivity contribution in [3.05, 3.63) is 35.9 Å². The molecule has 3 nitrogen and oxygen atoms in total. The van der Waals surface area contributed by atoms with Crippen molar-refractivity contribution in [3.8, 4) is 6.07 Å². The smallest absolute Gasteiger partial charge is 0.240 e. The number of carbonyl (C=O) groups excluding carboxylic acids is 1. The van der Waals surface area contributed by atoms with Gasteiger partial charge in [-0.2, -0.15) is 5.26 Å². The molecule has 1 atom stereocenters. The number of hydrogen-bond acceptors (Lipinski definition) is 2. The van der Waals surface area contributed by atoms with Crippen molar-refractivity contribution < 1.29 is 4.79 Å². The third-order valence-corrected chi connectivity index (χ3v) is 3.65. The lowest BCUT2D eigenvalue weighted by atomic mass is 9.98. The lowest BCUT2D eigenvalue weighted by molar-refractivity contribution is -0.135. The van der Waals surface area contributed by atoms with Gasteiger partial charge in [0.25, 0.3) is 0 Å². The summed E-state index contributed by atoms with van der Waals surface area (Å²) in [5.41, 5.74) is 1.04. The van der Waals surface area contributed by atoms with Crippen molar-refractivity contribution in [3.63, 3.8) is 0 Å². The summed E-state index contributed by atoms with van der Waals surface area (Å²) in [7, 11) is 0. The van der Waals surface area contributed by atoms with E-state index in [4.69, 9.17) is 0 Å². The van der Waals surface area contributed by atoms with Gasteiger partial charge >= 0.3 is 0 Å². The van der Waals surface area contributed by atoms with Crippen LogP contribution in [0.3, 0.4) is 0 Å². The van der Waals surface area contributed by atoms with E-state index < -0.39 is 5.92 Å². The summed E-state index contributed by atoms with van der Waals surface area (Å²) in [5.74, 6) is -0.621. The van der Waals surface area contributed by atoms with Crippen molar-refractivity contribution in [2.45, 2.75) is 52.5 Å². The van der Waals surface area contributed by atoms with Crippen LogP contribution in [0, 0.1) is 17.2 Å². The lowest BCUT2D eigenvalue weighted by Crippen LogP contribution is -2.41. The van der Waals surface area contributed by atoms with Crippen LogP contribution in [-0.2, 0) is 11.2 Å². The Kier molecular flexibility index (Phi) is 7.53. The third-order valence-electron chi connectivity index (χ3n) is 3.65. The maximum atomic E-state index is 12.6. The summed E-state index contributed by atoms with van der Waals surface area (Å²) in [4.78, 5) is 14.5. The van der Waals surface area contributed by atoms with Crippen LogP contribution in [-0.4, -0.2) is 23.4 Å². The predicted octanol–water partition coefficient (Wildman–Crippen LogP) is 3.80. The minimum Gasteiger partial charge on any atom is -0.339 e. The summed E-state index contributed by atoms with van der Waals surface area (Å²) in [6.45, 7) is 6.92.